The molecular weight excluding hydrogens is 470 g/mol. The molecule has 0 unspecified atom stereocenters. The van der Waals surface area contributed by atoms with Crippen LogP contribution >= 0.6 is 23.1 Å². The van der Waals surface area contributed by atoms with Crippen LogP contribution in [-0.4, -0.2) is 51.9 Å². The van der Waals surface area contributed by atoms with Gasteiger partial charge in [0.25, 0.3) is 5.91 Å². The molecular formula is C21H23N3O5S3. The molecule has 0 bridgehead atoms. The molecule has 8 nitrogen and oxygen atoms in total. The first kappa shape index (κ1) is 23.0. The van der Waals surface area contributed by atoms with E-state index in [0.717, 1.165) is 19.5 Å². The highest BCUT2D eigenvalue weighted by molar-refractivity contribution is 8.01. The van der Waals surface area contributed by atoms with Crippen LogP contribution in [0.5, 0.6) is 5.75 Å². The average molecular weight is 494 g/mol. The predicted molar refractivity (Wildman–Crippen MR) is 125 cm³/mol. The van der Waals surface area contributed by atoms with Crippen LogP contribution in [0.1, 0.15) is 18.9 Å². The van der Waals surface area contributed by atoms with Crippen molar-refractivity contribution in [3.63, 3.8) is 0 Å². The number of carbonyl (C=O) groups excluding carboxylic acids is 1. The lowest BCUT2D eigenvalue weighted by atomic mass is 10.0. The number of nitrogens with one attached hydrogen (secondary N) is 1. The van der Waals surface area contributed by atoms with Gasteiger partial charge in [-0.1, -0.05) is 12.1 Å². The Balaban J connectivity index is 1.51. The first-order valence-corrected chi connectivity index (χ1v) is 13.1. The van der Waals surface area contributed by atoms with Crippen LogP contribution in [-0.2, 0) is 21.4 Å². The van der Waals surface area contributed by atoms with Gasteiger partial charge in [0.05, 0.1) is 15.1 Å². The van der Waals surface area contributed by atoms with Crippen LogP contribution < -0.4 is 10.2 Å². The zero-order valence-corrected chi connectivity index (χ0v) is 20.0. The fourth-order valence-corrected chi connectivity index (χ4v) is 7.68. The molecule has 11 heteroatoms. The highest BCUT2D eigenvalue weighted by Crippen LogP contribution is 2.38. The van der Waals surface area contributed by atoms with E-state index >= 15 is 0 Å². The van der Waals surface area contributed by atoms with Crippen LogP contribution in [0.25, 0.3) is 10.2 Å². The Morgan fingerprint density at radius 3 is 2.66 bits per heavy atom. The number of sulfonamides is 1. The van der Waals surface area contributed by atoms with Gasteiger partial charge in [-0.3, -0.25) is 10.0 Å². The summed E-state index contributed by atoms with van der Waals surface area (Å²) in [5.74, 6) is 0.314. The highest BCUT2D eigenvalue weighted by atomic mass is 32.2. The monoisotopic (exact) mass is 493 g/mol. The van der Waals surface area contributed by atoms with Gasteiger partial charge in [-0.25, -0.2) is 18.9 Å². The minimum Gasteiger partial charge on any atom is -0.486 e. The van der Waals surface area contributed by atoms with Crippen molar-refractivity contribution in [3.8, 4) is 5.75 Å². The van der Waals surface area contributed by atoms with Crippen molar-refractivity contribution < 1.29 is 23.2 Å². The smallest absolute Gasteiger partial charge is 0.263 e. The van der Waals surface area contributed by atoms with Crippen molar-refractivity contribution in [3.05, 3.63) is 53.5 Å². The molecule has 0 aliphatic carbocycles. The zero-order valence-electron chi connectivity index (χ0n) is 17.5. The van der Waals surface area contributed by atoms with Crippen LogP contribution in [0.2, 0.25) is 0 Å². The minimum atomic E-state index is -3.96. The van der Waals surface area contributed by atoms with Crippen LogP contribution in [0, 0.1) is 0 Å². The summed E-state index contributed by atoms with van der Waals surface area (Å²) in [5, 5.41) is 9.99. The second-order valence-corrected chi connectivity index (χ2v) is 12.5. The molecule has 1 aliphatic heterocycles. The number of rotatable bonds is 6. The first-order valence-electron chi connectivity index (χ1n) is 9.89. The maximum Gasteiger partial charge on any atom is 0.263 e. The van der Waals surface area contributed by atoms with Crippen LogP contribution in [0.4, 0.5) is 0 Å². The molecule has 1 aromatic heterocycles. The summed E-state index contributed by atoms with van der Waals surface area (Å²) >= 11 is 3.04. The summed E-state index contributed by atoms with van der Waals surface area (Å²) in [6.07, 6.45) is 0. The van der Waals surface area contributed by atoms with Crippen molar-refractivity contribution in [2.45, 2.75) is 36.1 Å². The Kier molecular flexibility index (Phi) is 6.46. The SMILES string of the molecule is CC1(C)SCCN(S(=O)(=O)c2ccc(OCc3nc4ccccc4s3)cc2)[C@H]1C(=O)NO. The largest absolute Gasteiger partial charge is 0.486 e. The number of para-hydroxylation sites is 1. The lowest BCUT2D eigenvalue weighted by molar-refractivity contribution is -0.134. The number of fused-ring (bicyclic) bond motifs is 1. The van der Waals surface area contributed by atoms with E-state index in [-0.39, 0.29) is 18.0 Å². The molecule has 0 saturated carbocycles. The molecule has 170 valence electrons. The second-order valence-electron chi connectivity index (χ2n) is 7.78. The van der Waals surface area contributed by atoms with E-state index in [2.05, 4.69) is 4.98 Å². The molecule has 1 aliphatic rings. The van der Waals surface area contributed by atoms with Gasteiger partial charge in [-0.15, -0.1) is 11.3 Å². The van der Waals surface area contributed by atoms with Crippen molar-refractivity contribution in [2.75, 3.05) is 12.3 Å². The van der Waals surface area contributed by atoms with Gasteiger partial charge < -0.3 is 4.74 Å². The third kappa shape index (κ3) is 4.48. The van der Waals surface area contributed by atoms with E-state index in [9.17, 15) is 13.2 Å². The van der Waals surface area contributed by atoms with E-state index in [1.54, 1.807) is 42.8 Å². The number of thiazole rings is 1. The van der Waals surface area contributed by atoms with Gasteiger partial charge in [0, 0.05) is 17.0 Å². The number of nitrogens with zero attached hydrogens (tertiary/aromatic N) is 2. The van der Waals surface area contributed by atoms with E-state index in [0.29, 0.717) is 11.5 Å². The summed E-state index contributed by atoms with van der Waals surface area (Å²) in [5.41, 5.74) is 2.53. The van der Waals surface area contributed by atoms with Crippen molar-refractivity contribution in [1.29, 1.82) is 0 Å². The van der Waals surface area contributed by atoms with E-state index in [1.807, 2.05) is 24.3 Å². The van der Waals surface area contributed by atoms with Crippen LogP contribution in [0.3, 0.4) is 0 Å². The molecule has 2 aromatic carbocycles. The molecule has 32 heavy (non-hydrogen) atoms. The number of hydroxylamine groups is 1. The number of ether oxygens (including phenoxy) is 1. The summed E-state index contributed by atoms with van der Waals surface area (Å²) in [6, 6.07) is 12.9. The second kappa shape index (κ2) is 8.99. The Hall–Kier alpha value is -2.18. The molecule has 0 radical (unpaired) electrons. The molecule has 1 saturated heterocycles. The highest BCUT2D eigenvalue weighted by Gasteiger charge is 2.48. The maximum atomic E-state index is 13.3. The quantitative estimate of drug-likeness (QED) is 0.401. The Labute approximate surface area is 194 Å². The van der Waals surface area contributed by atoms with E-state index < -0.39 is 26.7 Å². The number of benzene rings is 2. The fraction of sp³-hybridized carbons (Fsp3) is 0.333. The fourth-order valence-electron chi connectivity index (χ4n) is 3.69. The number of thioether (sulfide) groups is 1. The molecule has 0 spiro atoms. The van der Waals surface area contributed by atoms with Gasteiger partial charge in [-0.2, -0.15) is 16.1 Å². The lowest BCUT2D eigenvalue weighted by Gasteiger charge is -2.43. The number of amides is 1. The topological polar surface area (TPSA) is 109 Å². The standard InChI is InChI=1S/C21H23N3O5S3/c1-21(2)19(20(25)23-26)24(11-12-30-21)32(27,28)15-9-7-14(8-10-15)29-13-18-22-16-5-3-4-6-17(16)31-18/h3-10,19,26H,11-13H2,1-2H3,(H,23,25)/t19-/m0/s1. The first-order chi connectivity index (χ1) is 15.2. The van der Waals surface area contributed by atoms with Gasteiger partial charge in [0.2, 0.25) is 10.0 Å². The number of hydrogen-bond donors (Lipinski definition) is 2. The maximum absolute atomic E-state index is 13.3. The molecule has 3 aromatic rings. The number of hydrogen-bond acceptors (Lipinski definition) is 8. The molecule has 1 fully saturated rings. The van der Waals surface area contributed by atoms with Gasteiger partial charge in [0.1, 0.15) is 23.4 Å². The van der Waals surface area contributed by atoms with E-state index in [4.69, 9.17) is 9.94 Å². The third-order valence-corrected chi connectivity index (χ3v) is 9.46. The molecule has 1 amide bonds. The number of carbonyl (C=O) groups is 1. The predicted octanol–water partition coefficient (Wildman–Crippen LogP) is 3.27. The van der Waals surface area contributed by atoms with Gasteiger partial charge in [0.15, 0.2) is 0 Å². The Bertz CT molecular complexity index is 1190. The Morgan fingerprint density at radius 1 is 1.25 bits per heavy atom. The van der Waals surface area contributed by atoms with E-state index in [1.165, 1.54) is 23.9 Å². The summed E-state index contributed by atoms with van der Waals surface area (Å²) in [6.45, 7) is 4.03. The Morgan fingerprint density at radius 2 is 1.97 bits per heavy atom. The third-order valence-electron chi connectivity index (χ3n) is 5.22. The normalized spacial score (nSPS) is 19.0. The van der Waals surface area contributed by atoms with Gasteiger partial charge >= 0.3 is 0 Å². The van der Waals surface area contributed by atoms with Crippen molar-refractivity contribution in [2.24, 2.45) is 0 Å². The molecule has 4 rings (SSSR count). The molecule has 2 heterocycles. The summed E-state index contributed by atoms with van der Waals surface area (Å²) in [7, 11) is -3.96. The van der Waals surface area contributed by atoms with Crippen LogP contribution in [0.15, 0.2) is 53.4 Å². The zero-order chi connectivity index (χ0) is 22.9. The van der Waals surface area contributed by atoms with Gasteiger partial charge in [-0.05, 0) is 50.2 Å². The molecule has 1 atom stereocenters. The molecule has 2 N–H and O–H groups in total. The number of aromatic nitrogens is 1. The minimum absolute atomic E-state index is 0.0586. The van der Waals surface area contributed by atoms with Crippen molar-refractivity contribution in [1.82, 2.24) is 14.8 Å². The summed E-state index contributed by atoms with van der Waals surface area (Å²) in [4.78, 5) is 16.9. The average Bonchev–Trinajstić information content (AvgIpc) is 3.20. The summed E-state index contributed by atoms with van der Waals surface area (Å²) < 4.78 is 33.9. The van der Waals surface area contributed by atoms with Crippen molar-refractivity contribution >= 4 is 49.2 Å². The lowest BCUT2D eigenvalue weighted by Crippen LogP contribution is -2.61.